The minimum atomic E-state index is -0.943. The number of hydrogen-bond donors (Lipinski definition) is 2. The van der Waals surface area contributed by atoms with E-state index < -0.39 is 5.92 Å². The molecule has 2 aromatic rings. The van der Waals surface area contributed by atoms with Crippen LogP contribution in [0.1, 0.15) is 65.1 Å². The van der Waals surface area contributed by atoms with E-state index in [-0.39, 0.29) is 57.9 Å². The van der Waals surface area contributed by atoms with Crippen LogP contribution in [0.2, 0.25) is 0 Å². The number of furan rings is 1. The molecule has 0 radical (unpaired) electrons. The van der Waals surface area contributed by atoms with Gasteiger partial charge in [0.25, 0.3) is 0 Å². The van der Waals surface area contributed by atoms with Gasteiger partial charge in [0, 0.05) is 46.9 Å². The van der Waals surface area contributed by atoms with Crippen LogP contribution in [-0.4, -0.2) is 21.8 Å². The highest BCUT2D eigenvalue weighted by atomic mass is 79.9. The number of aliphatic hydroxyl groups is 2. The lowest BCUT2D eigenvalue weighted by Crippen LogP contribution is -2.33. The summed E-state index contributed by atoms with van der Waals surface area (Å²) in [5, 5.41) is 21.9. The summed E-state index contributed by atoms with van der Waals surface area (Å²) in [6.07, 6.45) is 1.13. The van der Waals surface area contributed by atoms with E-state index in [0.29, 0.717) is 24.4 Å². The van der Waals surface area contributed by atoms with Crippen molar-refractivity contribution in [1.82, 2.24) is 0 Å². The van der Waals surface area contributed by atoms with Gasteiger partial charge < -0.3 is 14.6 Å². The average Bonchev–Trinajstić information content (AvgIpc) is 3.14. The Balaban J connectivity index is 1.87. The van der Waals surface area contributed by atoms with Gasteiger partial charge in [-0.2, -0.15) is 0 Å². The van der Waals surface area contributed by atoms with Crippen molar-refractivity contribution in [3.63, 3.8) is 0 Å². The molecule has 1 aromatic heterocycles. The van der Waals surface area contributed by atoms with Crippen LogP contribution in [0.15, 0.2) is 68.0 Å². The fourth-order valence-corrected chi connectivity index (χ4v) is 5.23. The lowest BCUT2D eigenvalue weighted by atomic mass is 9.68. The fourth-order valence-electron chi connectivity index (χ4n) is 4.96. The molecule has 2 N–H and O–H groups in total. The summed E-state index contributed by atoms with van der Waals surface area (Å²) in [5.74, 6) is -0.545. The monoisotopic (exact) mass is 512 g/mol. The molecule has 5 nitrogen and oxygen atoms in total. The lowest BCUT2D eigenvalue weighted by Gasteiger charge is -2.35. The summed E-state index contributed by atoms with van der Waals surface area (Å²) in [6.45, 7) is 7.71. The van der Waals surface area contributed by atoms with Gasteiger partial charge in [-0.15, -0.1) is 0 Å². The van der Waals surface area contributed by atoms with Crippen molar-refractivity contribution in [3.8, 4) is 11.3 Å². The van der Waals surface area contributed by atoms with Crippen LogP contribution in [0.5, 0.6) is 0 Å². The van der Waals surface area contributed by atoms with Crippen molar-refractivity contribution in [2.45, 2.75) is 59.3 Å². The summed E-state index contributed by atoms with van der Waals surface area (Å²) >= 11 is 3.42. The van der Waals surface area contributed by atoms with Crippen molar-refractivity contribution in [2.75, 3.05) is 0 Å². The molecule has 0 fully saturated rings. The predicted molar refractivity (Wildman–Crippen MR) is 130 cm³/mol. The van der Waals surface area contributed by atoms with Crippen LogP contribution in [-0.2, 0) is 9.59 Å². The van der Waals surface area contributed by atoms with Crippen molar-refractivity contribution in [2.24, 2.45) is 10.8 Å². The third kappa shape index (κ3) is 4.72. The summed E-state index contributed by atoms with van der Waals surface area (Å²) in [6, 6.07) is 11.1. The quantitative estimate of drug-likeness (QED) is 0.452. The van der Waals surface area contributed by atoms with Gasteiger partial charge in [0.1, 0.15) is 23.0 Å². The van der Waals surface area contributed by atoms with E-state index >= 15 is 0 Å². The fraction of sp³-hybridized carbons (Fsp3) is 0.407. The van der Waals surface area contributed by atoms with Crippen molar-refractivity contribution < 1.29 is 24.2 Å². The Morgan fingerprint density at radius 2 is 1.27 bits per heavy atom. The highest BCUT2D eigenvalue weighted by Crippen LogP contribution is 2.48. The molecule has 0 spiro atoms. The van der Waals surface area contributed by atoms with Gasteiger partial charge in [0.05, 0.1) is 5.92 Å². The number of aliphatic hydroxyl groups excluding tert-OH is 2. The number of carbonyl (C=O) groups excluding carboxylic acids is 2. The largest absolute Gasteiger partial charge is 0.512 e. The molecule has 2 aliphatic rings. The zero-order valence-electron chi connectivity index (χ0n) is 19.4. The molecule has 0 aliphatic heterocycles. The Bertz CT molecular complexity index is 1130. The van der Waals surface area contributed by atoms with Gasteiger partial charge >= 0.3 is 0 Å². The van der Waals surface area contributed by atoms with E-state index in [2.05, 4.69) is 15.9 Å². The van der Waals surface area contributed by atoms with Crippen molar-refractivity contribution in [1.29, 1.82) is 0 Å². The summed E-state index contributed by atoms with van der Waals surface area (Å²) in [7, 11) is 0. The maximum atomic E-state index is 13.3. The number of hydrogen-bond acceptors (Lipinski definition) is 5. The van der Waals surface area contributed by atoms with Crippen LogP contribution >= 0.6 is 15.9 Å². The van der Waals surface area contributed by atoms with Crippen molar-refractivity contribution >= 4 is 27.5 Å². The predicted octanol–water partition coefficient (Wildman–Crippen LogP) is 7.20. The SMILES string of the molecule is CC1(C)CC(=O)C(C(C2=C(O)CC(C)(C)CC2=O)c2ccc(-c3ccc(Br)cc3)o2)=C(O)C1. The topological polar surface area (TPSA) is 87.7 Å². The van der Waals surface area contributed by atoms with Gasteiger partial charge in [-0.3, -0.25) is 9.59 Å². The molecular formula is C27H29BrO5. The second-order valence-electron chi connectivity index (χ2n) is 10.7. The molecule has 0 saturated carbocycles. The molecule has 33 heavy (non-hydrogen) atoms. The summed E-state index contributed by atoms with van der Waals surface area (Å²) in [4.78, 5) is 26.5. The molecule has 0 saturated heterocycles. The summed E-state index contributed by atoms with van der Waals surface area (Å²) < 4.78 is 7.10. The lowest BCUT2D eigenvalue weighted by molar-refractivity contribution is -0.119. The number of allylic oxidation sites excluding steroid dienone is 4. The normalized spacial score (nSPS) is 20.7. The zero-order valence-corrected chi connectivity index (χ0v) is 21.0. The minimum Gasteiger partial charge on any atom is -0.512 e. The van der Waals surface area contributed by atoms with Crippen LogP contribution in [0, 0.1) is 10.8 Å². The number of ketones is 2. The van der Waals surface area contributed by atoms with Crippen LogP contribution in [0.3, 0.4) is 0 Å². The number of rotatable bonds is 4. The number of benzene rings is 1. The van der Waals surface area contributed by atoms with E-state index in [1.165, 1.54) is 0 Å². The van der Waals surface area contributed by atoms with E-state index in [9.17, 15) is 19.8 Å². The van der Waals surface area contributed by atoms with Crippen LogP contribution < -0.4 is 0 Å². The molecule has 2 aliphatic carbocycles. The molecule has 0 amide bonds. The first-order valence-electron chi connectivity index (χ1n) is 11.1. The van der Waals surface area contributed by atoms with E-state index in [1.807, 2.05) is 52.0 Å². The third-order valence-corrected chi connectivity index (χ3v) is 6.94. The maximum absolute atomic E-state index is 13.3. The van der Waals surface area contributed by atoms with Crippen LogP contribution in [0.25, 0.3) is 11.3 Å². The van der Waals surface area contributed by atoms with E-state index in [1.54, 1.807) is 12.1 Å². The molecule has 1 aromatic carbocycles. The van der Waals surface area contributed by atoms with Crippen LogP contribution in [0.4, 0.5) is 0 Å². The first kappa shape index (κ1) is 23.6. The molecule has 0 bridgehead atoms. The molecule has 6 heteroatoms. The molecule has 174 valence electrons. The van der Waals surface area contributed by atoms with Gasteiger partial charge in [-0.05, 0) is 35.1 Å². The Kier molecular flexibility index (Phi) is 5.94. The molecule has 1 heterocycles. The summed E-state index contributed by atoms with van der Waals surface area (Å²) in [5.41, 5.74) is 0.388. The second kappa shape index (κ2) is 8.32. The molecule has 0 atom stereocenters. The molecule has 0 unspecified atom stereocenters. The Labute approximate surface area is 202 Å². The third-order valence-electron chi connectivity index (χ3n) is 6.41. The first-order valence-corrected chi connectivity index (χ1v) is 11.9. The Hall–Kier alpha value is -2.60. The highest BCUT2D eigenvalue weighted by molar-refractivity contribution is 9.10. The minimum absolute atomic E-state index is 0.0409. The van der Waals surface area contributed by atoms with Crippen molar-refractivity contribution in [3.05, 3.63) is 69.3 Å². The van der Waals surface area contributed by atoms with E-state index in [4.69, 9.17) is 4.42 Å². The highest BCUT2D eigenvalue weighted by Gasteiger charge is 2.44. The standard InChI is InChI=1S/C27H29BrO5/c1-26(2)11-17(29)23(18(30)12-26)25(24-19(31)13-27(3,4)14-20(24)32)22-10-9-21(33-22)15-5-7-16(28)8-6-15/h5-10,25,29,31H,11-14H2,1-4H3. The maximum Gasteiger partial charge on any atom is 0.163 e. The average molecular weight is 513 g/mol. The Morgan fingerprint density at radius 1 is 0.788 bits per heavy atom. The Morgan fingerprint density at radius 3 is 1.73 bits per heavy atom. The number of Topliss-reactive ketones (excluding diaryl/α,β-unsaturated/α-hetero) is 2. The zero-order chi connectivity index (χ0) is 24.1. The van der Waals surface area contributed by atoms with Gasteiger partial charge in [0.15, 0.2) is 11.6 Å². The first-order chi connectivity index (χ1) is 15.4. The van der Waals surface area contributed by atoms with E-state index in [0.717, 1.165) is 10.0 Å². The molecule has 4 rings (SSSR count). The second-order valence-corrected chi connectivity index (χ2v) is 11.7. The number of halogens is 1. The van der Waals surface area contributed by atoms with Gasteiger partial charge in [0.2, 0.25) is 0 Å². The van der Waals surface area contributed by atoms with Gasteiger partial charge in [-0.25, -0.2) is 0 Å². The smallest absolute Gasteiger partial charge is 0.163 e. The van der Waals surface area contributed by atoms with Gasteiger partial charge in [-0.1, -0.05) is 55.8 Å². The molecular weight excluding hydrogens is 484 g/mol. The number of carbonyl (C=O) groups is 2.